The van der Waals surface area contributed by atoms with Gasteiger partial charge in [-0.15, -0.1) is 0 Å². The van der Waals surface area contributed by atoms with Gasteiger partial charge in [-0.3, -0.25) is 9.59 Å². The molecule has 0 aliphatic rings. The fourth-order valence-electron chi connectivity index (χ4n) is 1.87. The minimum atomic E-state index is -0.741. The van der Waals surface area contributed by atoms with E-state index in [0.717, 1.165) is 0 Å². The van der Waals surface area contributed by atoms with Crippen molar-refractivity contribution in [1.82, 2.24) is 5.32 Å². The first-order valence-electron chi connectivity index (χ1n) is 7.01. The van der Waals surface area contributed by atoms with E-state index in [1.165, 1.54) is 31.4 Å². The highest BCUT2D eigenvalue weighted by atomic mass is 19.1. The van der Waals surface area contributed by atoms with Gasteiger partial charge in [0, 0.05) is 11.3 Å². The summed E-state index contributed by atoms with van der Waals surface area (Å²) in [6, 6.07) is 11.2. The monoisotopic (exact) mass is 316 g/mol. The van der Waals surface area contributed by atoms with Crippen molar-refractivity contribution in [1.29, 1.82) is 0 Å². The van der Waals surface area contributed by atoms with Crippen molar-refractivity contribution in [3.63, 3.8) is 0 Å². The van der Waals surface area contributed by atoms with Crippen LogP contribution in [0.15, 0.2) is 48.5 Å². The molecule has 0 aromatic heterocycles. The first-order chi connectivity index (χ1) is 11.0. The van der Waals surface area contributed by atoms with Crippen LogP contribution < -0.4 is 15.4 Å². The lowest BCUT2D eigenvalue weighted by molar-refractivity contribution is -0.117. The predicted molar refractivity (Wildman–Crippen MR) is 85.0 cm³/mol. The quantitative estimate of drug-likeness (QED) is 0.891. The molecule has 0 fully saturated rings. The predicted octanol–water partition coefficient (Wildman–Crippen LogP) is 2.59. The highest BCUT2D eigenvalue weighted by molar-refractivity contribution is 6.00. The molecule has 23 heavy (non-hydrogen) atoms. The Morgan fingerprint density at radius 2 is 1.65 bits per heavy atom. The Balaban J connectivity index is 1.94. The maximum absolute atomic E-state index is 12.8. The molecule has 2 rings (SSSR count). The highest BCUT2D eigenvalue weighted by Crippen LogP contribution is 2.12. The zero-order valence-electron chi connectivity index (χ0n) is 12.8. The number of halogens is 1. The van der Waals surface area contributed by atoms with Crippen LogP contribution in [0.5, 0.6) is 5.75 Å². The molecule has 1 atom stereocenters. The summed E-state index contributed by atoms with van der Waals surface area (Å²) in [5.74, 6) is -0.500. The molecule has 6 heteroatoms. The number of carbonyl (C=O) groups excluding carboxylic acids is 2. The molecule has 0 saturated heterocycles. The number of amides is 2. The molecule has 2 aromatic carbocycles. The van der Waals surface area contributed by atoms with Crippen LogP contribution in [-0.2, 0) is 4.79 Å². The molecule has 0 aliphatic carbocycles. The number of ether oxygens (including phenoxy) is 1. The fraction of sp³-hybridized carbons (Fsp3) is 0.176. The van der Waals surface area contributed by atoms with Crippen molar-refractivity contribution < 1.29 is 18.7 Å². The van der Waals surface area contributed by atoms with E-state index in [-0.39, 0.29) is 11.7 Å². The molecule has 0 heterocycles. The number of rotatable bonds is 5. The van der Waals surface area contributed by atoms with E-state index in [1.54, 1.807) is 31.2 Å². The normalized spacial score (nSPS) is 11.4. The second kappa shape index (κ2) is 7.40. The van der Waals surface area contributed by atoms with Crippen molar-refractivity contribution in [3.05, 3.63) is 59.9 Å². The molecule has 0 saturated carbocycles. The van der Waals surface area contributed by atoms with Gasteiger partial charge >= 0.3 is 0 Å². The smallest absolute Gasteiger partial charge is 0.251 e. The maximum Gasteiger partial charge on any atom is 0.251 e. The Bertz CT molecular complexity index is 684. The summed E-state index contributed by atoms with van der Waals surface area (Å²) >= 11 is 0. The molecular formula is C17H17FN2O3. The second-order valence-corrected chi connectivity index (χ2v) is 4.92. The number of anilines is 1. The summed E-state index contributed by atoms with van der Waals surface area (Å²) < 4.78 is 17.8. The molecule has 120 valence electrons. The summed E-state index contributed by atoms with van der Waals surface area (Å²) in [6.45, 7) is 1.57. The Morgan fingerprint density at radius 1 is 1.04 bits per heavy atom. The third-order valence-electron chi connectivity index (χ3n) is 3.20. The number of nitrogens with one attached hydrogen (secondary N) is 2. The first kappa shape index (κ1) is 16.5. The largest absolute Gasteiger partial charge is 0.497 e. The number of hydrogen-bond donors (Lipinski definition) is 2. The summed E-state index contributed by atoms with van der Waals surface area (Å²) in [5.41, 5.74) is 0.883. The van der Waals surface area contributed by atoms with E-state index >= 15 is 0 Å². The van der Waals surface area contributed by atoms with Crippen molar-refractivity contribution in [2.75, 3.05) is 12.4 Å². The second-order valence-electron chi connectivity index (χ2n) is 4.92. The van der Waals surface area contributed by atoms with E-state index in [9.17, 15) is 14.0 Å². The molecule has 5 nitrogen and oxygen atoms in total. The van der Waals surface area contributed by atoms with E-state index in [2.05, 4.69) is 10.6 Å². The van der Waals surface area contributed by atoms with Crippen LogP contribution in [-0.4, -0.2) is 25.0 Å². The zero-order valence-corrected chi connectivity index (χ0v) is 12.8. The topological polar surface area (TPSA) is 67.4 Å². The molecule has 0 bridgehead atoms. The van der Waals surface area contributed by atoms with Crippen molar-refractivity contribution in [2.45, 2.75) is 13.0 Å². The third-order valence-corrected chi connectivity index (χ3v) is 3.20. The molecule has 0 aliphatic heterocycles. The third kappa shape index (κ3) is 4.54. The fourth-order valence-corrected chi connectivity index (χ4v) is 1.87. The van der Waals surface area contributed by atoms with E-state index in [0.29, 0.717) is 17.0 Å². The first-order valence-corrected chi connectivity index (χ1v) is 7.01. The molecule has 2 amide bonds. The van der Waals surface area contributed by atoms with Gasteiger partial charge in [-0.25, -0.2) is 4.39 Å². The SMILES string of the molecule is COc1ccc(C(=O)NC(C)C(=O)Nc2ccc(F)cc2)cc1. The van der Waals surface area contributed by atoms with Gasteiger partial charge in [-0.1, -0.05) is 0 Å². The van der Waals surface area contributed by atoms with Gasteiger partial charge in [0.25, 0.3) is 5.91 Å². The molecule has 0 radical (unpaired) electrons. The van der Waals surface area contributed by atoms with E-state index in [1.807, 2.05) is 0 Å². The van der Waals surface area contributed by atoms with Gasteiger partial charge in [0.2, 0.25) is 5.91 Å². The molecule has 0 spiro atoms. The summed E-state index contributed by atoms with van der Waals surface area (Å²) in [7, 11) is 1.54. The Kier molecular flexibility index (Phi) is 5.30. The Labute approximate surface area is 133 Å². The van der Waals surface area contributed by atoms with Gasteiger partial charge in [0.1, 0.15) is 17.6 Å². The lowest BCUT2D eigenvalue weighted by atomic mass is 10.2. The van der Waals surface area contributed by atoms with Crippen LogP contribution in [0.4, 0.5) is 10.1 Å². The Hall–Kier alpha value is -2.89. The number of hydrogen-bond acceptors (Lipinski definition) is 3. The number of carbonyl (C=O) groups is 2. The lowest BCUT2D eigenvalue weighted by Gasteiger charge is -2.14. The van der Waals surface area contributed by atoms with Crippen molar-refractivity contribution in [3.8, 4) is 5.75 Å². The summed E-state index contributed by atoms with van der Waals surface area (Å²) in [4.78, 5) is 24.1. The number of methoxy groups -OCH3 is 1. The van der Waals surface area contributed by atoms with Crippen LogP contribution in [0.2, 0.25) is 0 Å². The van der Waals surface area contributed by atoms with Gasteiger partial charge in [-0.2, -0.15) is 0 Å². The van der Waals surface area contributed by atoms with Crippen LogP contribution >= 0.6 is 0 Å². The minimum absolute atomic E-state index is 0.366. The van der Waals surface area contributed by atoms with Crippen LogP contribution in [0.3, 0.4) is 0 Å². The van der Waals surface area contributed by atoms with E-state index < -0.39 is 11.9 Å². The van der Waals surface area contributed by atoms with Crippen LogP contribution in [0, 0.1) is 5.82 Å². The average molecular weight is 316 g/mol. The summed E-state index contributed by atoms with van der Waals surface area (Å²) in [5, 5.41) is 5.20. The van der Waals surface area contributed by atoms with Crippen molar-refractivity contribution in [2.24, 2.45) is 0 Å². The van der Waals surface area contributed by atoms with Crippen LogP contribution in [0.1, 0.15) is 17.3 Å². The summed E-state index contributed by atoms with van der Waals surface area (Å²) in [6.07, 6.45) is 0. The molecule has 1 unspecified atom stereocenters. The van der Waals surface area contributed by atoms with Gasteiger partial charge in [0.15, 0.2) is 0 Å². The zero-order chi connectivity index (χ0) is 16.8. The number of benzene rings is 2. The molecule has 2 N–H and O–H groups in total. The minimum Gasteiger partial charge on any atom is -0.497 e. The highest BCUT2D eigenvalue weighted by Gasteiger charge is 2.16. The van der Waals surface area contributed by atoms with Gasteiger partial charge in [-0.05, 0) is 55.5 Å². The van der Waals surface area contributed by atoms with Gasteiger partial charge < -0.3 is 15.4 Å². The van der Waals surface area contributed by atoms with Gasteiger partial charge in [0.05, 0.1) is 7.11 Å². The molecule has 2 aromatic rings. The average Bonchev–Trinajstić information content (AvgIpc) is 2.56. The van der Waals surface area contributed by atoms with Crippen molar-refractivity contribution >= 4 is 17.5 Å². The van der Waals surface area contributed by atoms with Crippen LogP contribution in [0.25, 0.3) is 0 Å². The standard InChI is InChI=1S/C17H17FN2O3/c1-11(16(21)20-14-7-5-13(18)6-8-14)19-17(22)12-3-9-15(23-2)10-4-12/h3-11H,1-2H3,(H,19,22)(H,20,21). The maximum atomic E-state index is 12.8. The Morgan fingerprint density at radius 3 is 2.22 bits per heavy atom. The lowest BCUT2D eigenvalue weighted by Crippen LogP contribution is -2.41. The molecular weight excluding hydrogens is 299 g/mol. The van der Waals surface area contributed by atoms with E-state index in [4.69, 9.17) is 4.74 Å².